The van der Waals surface area contributed by atoms with Crippen LogP contribution in [0.4, 0.5) is 11.4 Å². The van der Waals surface area contributed by atoms with E-state index in [2.05, 4.69) is 10.6 Å². The maximum absolute atomic E-state index is 12.2. The highest BCUT2D eigenvalue weighted by molar-refractivity contribution is 5.94. The molecule has 2 amide bonds. The largest absolute Gasteiger partial charge is 0.398 e. The molecule has 0 saturated carbocycles. The molecule has 21 heavy (non-hydrogen) atoms. The zero-order valence-electron chi connectivity index (χ0n) is 12.5. The molecule has 0 aliphatic carbocycles. The Morgan fingerprint density at radius 2 is 2.19 bits per heavy atom. The van der Waals surface area contributed by atoms with Crippen LogP contribution in [-0.4, -0.2) is 42.9 Å². The lowest BCUT2D eigenvalue weighted by Gasteiger charge is -2.22. The third-order valence-electron chi connectivity index (χ3n) is 3.91. The highest BCUT2D eigenvalue weighted by Crippen LogP contribution is 2.21. The summed E-state index contributed by atoms with van der Waals surface area (Å²) in [6, 6.07) is 5.22. The van der Waals surface area contributed by atoms with Crippen molar-refractivity contribution in [3.63, 3.8) is 0 Å². The lowest BCUT2D eigenvalue weighted by molar-refractivity contribution is -0.126. The number of likely N-dealkylation sites (tertiary alicyclic amines) is 1. The van der Waals surface area contributed by atoms with Gasteiger partial charge in [0.15, 0.2) is 0 Å². The molecule has 1 aliphatic rings. The fourth-order valence-electron chi connectivity index (χ4n) is 2.64. The van der Waals surface area contributed by atoms with Gasteiger partial charge in [-0.25, -0.2) is 0 Å². The molecular formula is C15H22N4O2. The lowest BCUT2D eigenvalue weighted by Crippen LogP contribution is -2.45. The van der Waals surface area contributed by atoms with Crippen LogP contribution in [0.15, 0.2) is 18.2 Å². The Labute approximate surface area is 124 Å². The van der Waals surface area contributed by atoms with Crippen molar-refractivity contribution in [1.82, 2.24) is 10.2 Å². The molecule has 6 heteroatoms. The van der Waals surface area contributed by atoms with Crippen molar-refractivity contribution >= 4 is 23.2 Å². The second-order valence-electron chi connectivity index (χ2n) is 5.31. The number of nitrogen functional groups attached to an aromatic ring is 1. The molecule has 1 aromatic rings. The number of nitrogens with two attached hydrogens (primary N) is 1. The molecule has 0 aromatic heterocycles. The predicted octanol–water partition coefficient (Wildman–Crippen LogP) is 0.726. The van der Waals surface area contributed by atoms with Gasteiger partial charge < -0.3 is 16.4 Å². The number of carbonyl (C=O) groups is 2. The van der Waals surface area contributed by atoms with E-state index in [4.69, 9.17) is 5.73 Å². The first-order valence-electron chi connectivity index (χ1n) is 7.13. The van der Waals surface area contributed by atoms with Crippen molar-refractivity contribution in [2.45, 2.75) is 25.8 Å². The van der Waals surface area contributed by atoms with E-state index >= 15 is 0 Å². The SMILES string of the molecule is CNC(=O)C1CCCN1CC(=O)Nc1cccc(N)c1C. The molecule has 1 heterocycles. The molecule has 1 unspecified atom stereocenters. The third-order valence-corrected chi connectivity index (χ3v) is 3.91. The van der Waals surface area contributed by atoms with Crippen LogP contribution in [0.1, 0.15) is 18.4 Å². The van der Waals surface area contributed by atoms with Crippen molar-refractivity contribution in [3.05, 3.63) is 23.8 Å². The Morgan fingerprint density at radius 1 is 1.43 bits per heavy atom. The number of hydrogen-bond acceptors (Lipinski definition) is 4. The van der Waals surface area contributed by atoms with Crippen LogP contribution in [-0.2, 0) is 9.59 Å². The maximum atomic E-state index is 12.2. The molecule has 1 aromatic carbocycles. The molecule has 6 nitrogen and oxygen atoms in total. The van der Waals surface area contributed by atoms with Crippen LogP contribution in [0.25, 0.3) is 0 Å². The number of hydrogen-bond donors (Lipinski definition) is 3. The Balaban J connectivity index is 1.98. The Kier molecular flexibility index (Phi) is 4.80. The lowest BCUT2D eigenvalue weighted by atomic mass is 10.1. The molecule has 1 saturated heterocycles. The Morgan fingerprint density at radius 3 is 2.90 bits per heavy atom. The minimum absolute atomic E-state index is 0.0274. The van der Waals surface area contributed by atoms with E-state index in [1.165, 1.54) is 0 Å². The molecule has 0 bridgehead atoms. The number of benzene rings is 1. The predicted molar refractivity (Wildman–Crippen MR) is 82.9 cm³/mol. The summed E-state index contributed by atoms with van der Waals surface area (Å²) >= 11 is 0. The van der Waals surface area contributed by atoms with E-state index in [0.29, 0.717) is 5.69 Å². The van der Waals surface area contributed by atoms with Gasteiger partial charge in [-0.15, -0.1) is 0 Å². The van der Waals surface area contributed by atoms with Gasteiger partial charge >= 0.3 is 0 Å². The second-order valence-corrected chi connectivity index (χ2v) is 5.31. The number of nitrogens with one attached hydrogen (secondary N) is 2. The summed E-state index contributed by atoms with van der Waals surface area (Å²) < 4.78 is 0. The van der Waals surface area contributed by atoms with Gasteiger partial charge in [0.05, 0.1) is 12.6 Å². The van der Waals surface area contributed by atoms with Gasteiger partial charge in [0.1, 0.15) is 0 Å². The monoisotopic (exact) mass is 290 g/mol. The van der Waals surface area contributed by atoms with Crippen LogP contribution in [0.3, 0.4) is 0 Å². The summed E-state index contributed by atoms with van der Waals surface area (Å²) in [7, 11) is 1.62. The van der Waals surface area contributed by atoms with Gasteiger partial charge in [0.25, 0.3) is 0 Å². The van der Waals surface area contributed by atoms with E-state index < -0.39 is 0 Å². The summed E-state index contributed by atoms with van der Waals surface area (Å²) in [6.45, 7) is 2.85. The van der Waals surface area contributed by atoms with Crippen molar-refractivity contribution in [2.75, 3.05) is 31.2 Å². The van der Waals surface area contributed by atoms with Gasteiger partial charge in [0.2, 0.25) is 11.8 Å². The summed E-state index contributed by atoms with van der Waals surface area (Å²) in [5.74, 6) is -0.153. The first-order valence-corrected chi connectivity index (χ1v) is 7.13. The Bertz CT molecular complexity index is 544. The topological polar surface area (TPSA) is 87.5 Å². The van der Waals surface area contributed by atoms with Crippen molar-refractivity contribution in [1.29, 1.82) is 0 Å². The fourth-order valence-corrected chi connectivity index (χ4v) is 2.64. The van der Waals surface area contributed by atoms with Gasteiger partial charge in [0, 0.05) is 18.4 Å². The third kappa shape index (κ3) is 3.52. The Hall–Kier alpha value is -2.08. The molecule has 0 spiro atoms. The van der Waals surface area contributed by atoms with E-state index in [1.54, 1.807) is 19.2 Å². The van der Waals surface area contributed by atoms with Gasteiger partial charge in [-0.3, -0.25) is 14.5 Å². The minimum atomic E-state index is -0.206. The minimum Gasteiger partial charge on any atom is -0.398 e. The normalized spacial score (nSPS) is 18.5. The molecule has 0 radical (unpaired) electrons. The fraction of sp³-hybridized carbons (Fsp3) is 0.467. The smallest absolute Gasteiger partial charge is 0.238 e. The van der Waals surface area contributed by atoms with Crippen LogP contribution in [0, 0.1) is 6.92 Å². The highest BCUT2D eigenvalue weighted by atomic mass is 16.2. The molecule has 1 fully saturated rings. The molecular weight excluding hydrogens is 268 g/mol. The molecule has 114 valence electrons. The summed E-state index contributed by atoms with van der Waals surface area (Å²) in [4.78, 5) is 25.8. The van der Waals surface area contributed by atoms with Crippen LogP contribution in [0.2, 0.25) is 0 Å². The van der Waals surface area contributed by atoms with Crippen molar-refractivity contribution < 1.29 is 9.59 Å². The van der Waals surface area contributed by atoms with Crippen LogP contribution < -0.4 is 16.4 Å². The van der Waals surface area contributed by atoms with Crippen molar-refractivity contribution in [2.24, 2.45) is 0 Å². The first kappa shape index (κ1) is 15.3. The number of rotatable bonds is 4. The first-order chi connectivity index (χ1) is 10.0. The average Bonchev–Trinajstić information content (AvgIpc) is 2.91. The number of likely N-dealkylation sites (N-methyl/N-ethyl adjacent to an activating group) is 1. The zero-order valence-corrected chi connectivity index (χ0v) is 12.5. The quantitative estimate of drug-likeness (QED) is 0.713. The maximum Gasteiger partial charge on any atom is 0.238 e. The summed E-state index contributed by atoms with van der Waals surface area (Å²) in [6.07, 6.45) is 1.73. The highest BCUT2D eigenvalue weighted by Gasteiger charge is 2.31. The summed E-state index contributed by atoms with van der Waals surface area (Å²) in [5, 5.41) is 5.51. The number of amides is 2. The number of carbonyl (C=O) groups excluding carboxylic acids is 2. The van der Waals surface area contributed by atoms with Crippen LogP contribution >= 0.6 is 0 Å². The molecule has 1 atom stereocenters. The molecule has 1 aliphatic heterocycles. The van der Waals surface area contributed by atoms with E-state index in [9.17, 15) is 9.59 Å². The molecule has 4 N–H and O–H groups in total. The number of anilines is 2. The van der Waals surface area contributed by atoms with E-state index in [-0.39, 0.29) is 24.4 Å². The van der Waals surface area contributed by atoms with Crippen LogP contribution in [0.5, 0.6) is 0 Å². The van der Waals surface area contributed by atoms with E-state index in [0.717, 1.165) is 30.6 Å². The second kappa shape index (κ2) is 6.58. The summed E-state index contributed by atoms with van der Waals surface area (Å²) in [5.41, 5.74) is 8.05. The van der Waals surface area contributed by atoms with Gasteiger partial charge in [-0.05, 0) is 44.0 Å². The average molecular weight is 290 g/mol. The van der Waals surface area contributed by atoms with Gasteiger partial charge in [-0.1, -0.05) is 6.07 Å². The number of nitrogens with zero attached hydrogens (tertiary/aromatic N) is 1. The van der Waals surface area contributed by atoms with Gasteiger partial charge in [-0.2, -0.15) is 0 Å². The van der Waals surface area contributed by atoms with E-state index in [1.807, 2.05) is 17.9 Å². The standard InChI is InChI=1S/C15H22N4O2/c1-10-11(16)5-3-6-12(10)18-14(20)9-19-8-4-7-13(19)15(21)17-2/h3,5-6,13H,4,7-9,16H2,1-2H3,(H,17,21)(H,18,20). The molecule has 2 rings (SSSR count). The van der Waals surface area contributed by atoms with Crippen molar-refractivity contribution in [3.8, 4) is 0 Å². The zero-order chi connectivity index (χ0) is 15.4.